The predicted molar refractivity (Wildman–Crippen MR) is 77.9 cm³/mol. The number of thiazole rings is 1. The van der Waals surface area contributed by atoms with Crippen molar-refractivity contribution < 1.29 is 14.6 Å². The summed E-state index contributed by atoms with van der Waals surface area (Å²) in [7, 11) is 0. The Labute approximate surface area is 122 Å². The van der Waals surface area contributed by atoms with Crippen LogP contribution in [0.5, 0.6) is 0 Å². The number of aromatic nitrogens is 1. The van der Waals surface area contributed by atoms with Crippen molar-refractivity contribution in [2.45, 2.75) is 51.2 Å². The zero-order valence-corrected chi connectivity index (χ0v) is 12.9. The number of ether oxygens (including phenoxy) is 1. The van der Waals surface area contributed by atoms with Crippen molar-refractivity contribution in [3.8, 4) is 0 Å². The summed E-state index contributed by atoms with van der Waals surface area (Å²) < 4.78 is 5.82. The quantitative estimate of drug-likeness (QED) is 0.908. The highest BCUT2D eigenvalue weighted by Crippen LogP contribution is 2.36. The van der Waals surface area contributed by atoms with E-state index in [4.69, 9.17) is 4.74 Å². The molecule has 2 fully saturated rings. The molecule has 0 saturated carbocycles. The van der Waals surface area contributed by atoms with E-state index in [1.165, 1.54) is 11.3 Å². The number of aromatic carboxylic acids is 1. The molecule has 2 aliphatic rings. The molecule has 1 N–H and O–H groups in total. The van der Waals surface area contributed by atoms with Crippen LogP contribution in [-0.4, -0.2) is 41.4 Å². The van der Waals surface area contributed by atoms with Gasteiger partial charge in [-0.1, -0.05) is 32.1 Å². The van der Waals surface area contributed by atoms with Crippen LogP contribution in [0.15, 0.2) is 0 Å². The summed E-state index contributed by atoms with van der Waals surface area (Å²) >= 11 is 1.29. The molecule has 110 valence electrons. The molecule has 3 rings (SSSR count). The van der Waals surface area contributed by atoms with Crippen molar-refractivity contribution in [2.75, 3.05) is 18.0 Å². The summed E-state index contributed by atoms with van der Waals surface area (Å²) in [4.78, 5) is 18.6. The third-order valence-electron chi connectivity index (χ3n) is 3.83. The minimum atomic E-state index is -0.880. The van der Waals surface area contributed by atoms with Crippen molar-refractivity contribution >= 4 is 22.4 Å². The molecule has 1 aromatic rings. The number of morpholine rings is 1. The number of hydrogen-bond acceptors (Lipinski definition) is 5. The maximum atomic E-state index is 11.4. The van der Waals surface area contributed by atoms with Crippen molar-refractivity contribution in [2.24, 2.45) is 0 Å². The summed E-state index contributed by atoms with van der Waals surface area (Å²) in [5.74, 6) is -0.880. The first-order valence-electron chi connectivity index (χ1n) is 6.99. The van der Waals surface area contributed by atoms with Gasteiger partial charge >= 0.3 is 5.97 Å². The first-order chi connectivity index (χ1) is 9.34. The first kappa shape index (κ1) is 13.8. The molecule has 0 aliphatic carbocycles. The molecule has 20 heavy (non-hydrogen) atoms. The van der Waals surface area contributed by atoms with Gasteiger partial charge in [0.2, 0.25) is 0 Å². The summed E-state index contributed by atoms with van der Waals surface area (Å²) in [6, 6.07) is 0. The highest BCUT2D eigenvalue weighted by Gasteiger charge is 2.36. The number of carbonyl (C=O) groups is 1. The average Bonchev–Trinajstić information content (AvgIpc) is 2.92. The van der Waals surface area contributed by atoms with Crippen LogP contribution >= 0.6 is 11.3 Å². The van der Waals surface area contributed by atoms with Gasteiger partial charge in [0.15, 0.2) is 5.13 Å². The molecule has 2 atom stereocenters. The van der Waals surface area contributed by atoms with E-state index in [2.05, 4.69) is 9.88 Å². The molecule has 3 heterocycles. The Hall–Kier alpha value is -1.14. The van der Waals surface area contributed by atoms with Crippen molar-refractivity contribution in [3.63, 3.8) is 0 Å². The van der Waals surface area contributed by atoms with Gasteiger partial charge in [-0.15, -0.1) is 0 Å². The summed E-state index contributed by atoms with van der Waals surface area (Å²) in [6.45, 7) is 7.66. The molecule has 2 aliphatic heterocycles. The lowest BCUT2D eigenvalue weighted by molar-refractivity contribution is 0.0304. The Kier molecular flexibility index (Phi) is 3.25. The van der Waals surface area contributed by atoms with E-state index in [1.807, 2.05) is 20.8 Å². The average molecular weight is 296 g/mol. The Bertz CT molecular complexity index is 523. The van der Waals surface area contributed by atoms with Gasteiger partial charge in [-0.25, -0.2) is 9.78 Å². The zero-order valence-electron chi connectivity index (χ0n) is 12.0. The highest BCUT2D eigenvalue weighted by molar-refractivity contribution is 7.17. The Balaban J connectivity index is 1.93. The number of hydrogen-bond donors (Lipinski definition) is 1. The van der Waals surface area contributed by atoms with Crippen LogP contribution in [0.25, 0.3) is 0 Å². The standard InChI is InChI=1S/C14H20N2O3S/c1-14(2,3)11-10(12(17)18)20-13(15-11)16-6-8-4-5-9(7-16)19-8/h8-9H,4-7H2,1-3H3,(H,17,18). The monoisotopic (exact) mass is 296 g/mol. The smallest absolute Gasteiger partial charge is 0.347 e. The number of anilines is 1. The lowest BCUT2D eigenvalue weighted by Gasteiger charge is -2.31. The third kappa shape index (κ3) is 2.42. The Morgan fingerprint density at radius 2 is 1.95 bits per heavy atom. The summed E-state index contributed by atoms with van der Waals surface area (Å²) in [5.41, 5.74) is 0.428. The van der Waals surface area contributed by atoms with Crippen LogP contribution in [0, 0.1) is 0 Å². The van der Waals surface area contributed by atoms with Gasteiger partial charge in [-0.05, 0) is 12.8 Å². The third-order valence-corrected chi connectivity index (χ3v) is 4.94. The van der Waals surface area contributed by atoms with Crippen LogP contribution in [0.4, 0.5) is 5.13 Å². The van der Waals surface area contributed by atoms with E-state index in [0.717, 1.165) is 31.1 Å². The number of fused-ring (bicyclic) bond motifs is 2. The maximum absolute atomic E-state index is 11.4. The van der Waals surface area contributed by atoms with E-state index in [1.54, 1.807) is 0 Å². The largest absolute Gasteiger partial charge is 0.477 e. The van der Waals surface area contributed by atoms with Crippen molar-refractivity contribution in [1.29, 1.82) is 0 Å². The SMILES string of the molecule is CC(C)(C)c1nc(N2CC3CCC(C2)O3)sc1C(=O)O. The molecule has 2 unspecified atom stereocenters. The van der Waals surface area contributed by atoms with Crippen LogP contribution < -0.4 is 4.90 Å². The lowest BCUT2D eigenvalue weighted by Crippen LogP contribution is -2.42. The second kappa shape index (κ2) is 4.70. The van der Waals surface area contributed by atoms with Crippen LogP contribution in [0.2, 0.25) is 0 Å². The maximum Gasteiger partial charge on any atom is 0.347 e. The van der Waals surface area contributed by atoms with Crippen molar-refractivity contribution in [1.82, 2.24) is 4.98 Å². The minimum Gasteiger partial charge on any atom is -0.477 e. The molecular formula is C14H20N2O3S. The van der Waals surface area contributed by atoms with Gasteiger partial charge in [-0.3, -0.25) is 0 Å². The fraction of sp³-hybridized carbons (Fsp3) is 0.714. The molecule has 2 bridgehead atoms. The number of carboxylic acids is 1. The van der Waals surface area contributed by atoms with E-state index in [0.29, 0.717) is 10.6 Å². The summed E-state index contributed by atoms with van der Waals surface area (Å²) in [5, 5.41) is 10.2. The summed E-state index contributed by atoms with van der Waals surface area (Å²) in [6.07, 6.45) is 2.77. The normalized spacial score (nSPS) is 26.1. The first-order valence-corrected chi connectivity index (χ1v) is 7.81. The predicted octanol–water partition coefficient (Wildman–Crippen LogP) is 2.51. The fourth-order valence-corrected chi connectivity index (χ4v) is 4.00. The lowest BCUT2D eigenvalue weighted by atomic mass is 9.91. The van der Waals surface area contributed by atoms with Gasteiger partial charge in [0, 0.05) is 18.5 Å². The van der Waals surface area contributed by atoms with E-state index >= 15 is 0 Å². The number of rotatable bonds is 2. The minimum absolute atomic E-state index is 0.256. The Morgan fingerprint density at radius 3 is 2.40 bits per heavy atom. The second-order valence-corrected chi connectivity index (χ2v) is 7.57. The zero-order chi connectivity index (χ0) is 14.5. The van der Waals surface area contributed by atoms with Crippen LogP contribution in [-0.2, 0) is 10.2 Å². The van der Waals surface area contributed by atoms with E-state index in [-0.39, 0.29) is 17.6 Å². The molecule has 0 spiro atoms. The second-order valence-electron chi connectivity index (χ2n) is 6.59. The molecule has 0 aromatic carbocycles. The molecular weight excluding hydrogens is 276 g/mol. The van der Waals surface area contributed by atoms with E-state index in [9.17, 15) is 9.90 Å². The van der Waals surface area contributed by atoms with Gasteiger partial charge in [0.25, 0.3) is 0 Å². The van der Waals surface area contributed by atoms with Crippen LogP contribution in [0.3, 0.4) is 0 Å². The van der Waals surface area contributed by atoms with E-state index < -0.39 is 5.97 Å². The highest BCUT2D eigenvalue weighted by atomic mass is 32.1. The molecule has 6 heteroatoms. The van der Waals surface area contributed by atoms with Gasteiger partial charge < -0.3 is 14.7 Å². The van der Waals surface area contributed by atoms with Gasteiger partial charge in [0.05, 0.1) is 17.9 Å². The van der Waals surface area contributed by atoms with Crippen molar-refractivity contribution in [3.05, 3.63) is 10.6 Å². The molecule has 1 aromatic heterocycles. The molecule has 0 amide bonds. The number of nitrogens with zero attached hydrogens (tertiary/aromatic N) is 2. The van der Waals surface area contributed by atoms with Crippen LogP contribution in [0.1, 0.15) is 49.0 Å². The molecule has 2 saturated heterocycles. The van der Waals surface area contributed by atoms with Gasteiger partial charge in [0.1, 0.15) is 4.88 Å². The van der Waals surface area contributed by atoms with Gasteiger partial charge in [-0.2, -0.15) is 0 Å². The fourth-order valence-electron chi connectivity index (χ4n) is 2.87. The topological polar surface area (TPSA) is 62.7 Å². The number of carboxylic acid groups (broad SMARTS) is 1. The Morgan fingerprint density at radius 1 is 1.35 bits per heavy atom. The molecule has 0 radical (unpaired) electrons. The molecule has 5 nitrogen and oxygen atoms in total.